The minimum Gasteiger partial charge on any atom is -0.411 e. The van der Waals surface area contributed by atoms with Crippen LogP contribution in [0.3, 0.4) is 0 Å². The second-order valence-electron chi connectivity index (χ2n) is 5.28. The number of pyridine rings is 1. The lowest BCUT2D eigenvalue weighted by Gasteiger charge is -2.16. The van der Waals surface area contributed by atoms with Crippen LogP contribution in [0.4, 0.5) is 0 Å². The molecule has 0 bridgehead atoms. The highest BCUT2D eigenvalue weighted by Crippen LogP contribution is 2.22. The quantitative estimate of drug-likeness (QED) is 0.614. The first-order valence-corrected chi connectivity index (χ1v) is 8.83. The summed E-state index contributed by atoms with van der Waals surface area (Å²) >= 11 is 7.08. The van der Waals surface area contributed by atoms with E-state index >= 15 is 0 Å². The van der Waals surface area contributed by atoms with E-state index in [-0.39, 0.29) is 11.7 Å². The third-order valence-electron chi connectivity index (χ3n) is 3.39. The summed E-state index contributed by atoms with van der Waals surface area (Å²) in [4.78, 5) is 17.9. The smallest absolute Gasteiger partial charge is 0.277 e. The van der Waals surface area contributed by atoms with Crippen LogP contribution in [0.15, 0.2) is 58.4 Å². The summed E-state index contributed by atoms with van der Waals surface area (Å²) in [5, 5.41) is 8.95. The Labute approximate surface area is 154 Å². The Hall–Kier alpha value is -2.38. The molecule has 0 spiro atoms. The lowest BCUT2D eigenvalue weighted by atomic mass is 10.2. The van der Waals surface area contributed by atoms with E-state index in [4.69, 9.17) is 16.0 Å². The fraction of sp³-hybridized carbons (Fsp3) is 0.176. The number of carbonyl (C=O) groups excluding carboxylic acids is 1. The molecular weight excluding hydrogens is 360 g/mol. The normalized spacial score (nSPS) is 10.6. The van der Waals surface area contributed by atoms with Crippen LogP contribution >= 0.6 is 23.4 Å². The third-order valence-corrected chi connectivity index (χ3v) is 4.45. The van der Waals surface area contributed by atoms with Crippen LogP contribution < -0.4 is 0 Å². The average molecular weight is 375 g/mol. The molecule has 2 aromatic heterocycles. The standard InChI is InChI=1S/C17H15ClN4O2S/c1-22(10-12-4-6-14(18)7-5-12)15(23)11-25-17-21-20-16(24-17)13-3-2-8-19-9-13/h2-9H,10-11H2,1H3. The Bertz CT molecular complexity index is 839. The van der Waals surface area contributed by atoms with Crippen LogP contribution in [0.25, 0.3) is 11.5 Å². The number of benzene rings is 1. The number of aromatic nitrogens is 3. The van der Waals surface area contributed by atoms with Crippen molar-refractivity contribution in [2.75, 3.05) is 12.8 Å². The minimum atomic E-state index is -0.0268. The van der Waals surface area contributed by atoms with Gasteiger partial charge in [-0.2, -0.15) is 0 Å². The highest BCUT2D eigenvalue weighted by Gasteiger charge is 2.14. The molecule has 0 fully saturated rings. The SMILES string of the molecule is CN(Cc1ccc(Cl)cc1)C(=O)CSc1nnc(-c2cccnc2)o1. The van der Waals surface area contributed by atoms with Gasteiger partial charge >= 0.3 is 0 Å². The molecule has 3 aromatic rings. The van der Waals surface area contributed by atoms with Gasteiger partial charge in [-0.25, -0.2) is 0 Å². The van der Waals surface area contributed by atoms with Gasteiger partial charge in [-0.1, -0.05) is 35.5 Å². The van der Waals surface area contributed by atoms with E-state index in [2.05, 4.69) is 15.2 Å². The van der Waals surface area contributed by atoms with Gasteiger partial charge in [-0.05, 0) is 29.8 Å². The van der Waals surface area contributed by atoms with Crippen LogP contribution in [0.2, 0.25) is 5.02 Å². The third kappa shape index (κ3) is 4.80. The first-order valence-electron chi connectivity index (χ1n) is 7.47. The van der Waals surface area contributed by atoms with Gasteiger partial charge in [0.25, 0.3) is 5.22 Å². The van der Waals surface area contributed by atoms with Crippen molar-refractivity contribution < 1.29 is 9.21 Å². The maximum absolute atomic E-state index is 12.2. The molecule has 0 atom stereocenters. The monoisotopic (exact) mass is 374 g/mol. The summed E-state index contributed by atoms with van der Waals surface area (Å²) in [6, 6.07) is 11.0. The van der Waals surface area contributed by atoms with Gasteiger partial charge in [0, 0.05) is 31.0 Å². The lowest BCUT2D eigenvalue weighted by Crippen LogP contribution is -2.27. The fourth-order valence-electron chi connectivity index (χ4n) is 2.06. The van der Waals surface area contributed by atoms with E-state index in [9.17, 15) is 4.79 Å². The predicted octanol–water partition coefficient (Wildman–Crippen LogP) is 3.54. The highest BCUT2D eigenvalue weighted by molar-refractivity contribution is 7.99. The zero-order valence-electron chi connectivity index (χ0n) is 13.4. The molecule has 0 aliphatic heterocycles. The van der Waals surface area contributed by atoms with Crippen LogP contribution in [-0.4, -0.2) is 38.8 Å². The maximum atomic E-state index is 12.2. The maximum Gasteiger partial charge on any atom is 0.277 e. The van der Waals surface area contributed by atoms with Crippen molar-refractivity contribution >= 4 is 29.3 Å². The number of hydrogen-bond acceptors (Lipinski definition) is 6. The molecule has 0 unspecified atom stereocenters. The van der Waals surface area contributed by atoms with Gasteiger partial charge in [-0.15, -0.1) is 10.2 Å². The number of rotatable bonds is 6. The summed E-state index contributed by atoms with van der Waals surface area (Å²) in [6.45, 7) is 0.515. The fourth-order valence-corrected chi connectivity index (χ4v) is 2.89. The van der Waals surface area contributed by atoms with Crippen molar-refractivity contribution in [3.8, 4) is 11.5 Å². The van der Waals surface area contributed by atoms with Gasteiger partial charge in [0.2, 0.25) is 11.8 Å². The number of hydrogen-bond donors (Lipinski definition) is 0. The molecule has 0 aliphatic rings. The molecule has 0 radical (unpaired) electrons. The van der Waals surface area contributed by atoms with E-state index in [1.807, 2.05) is 30.3 Å². The first-order chi connectivity index (χ1) is 12.1. The summed E-state index contributed by atoms with van der Waals surface area (Å²) < 4.78 is 5.55. The number of halogens is 1. The number of thioether (sulfide) groups is 1. The van der Waals surface area contributed by atoms with E-state index in [0.29, 0.717) is 22.7 Å². The molecule has 1 amide bonds. The highest BCUT2D eigenvalue weighted by atomic mass is 35.5. The average Bonchev–Trinajstić information content (AvgIpc) is 3.11. The molecule has 0 N–H and O–H groups in total. The van der Waals surface area contributed by atoms with Crippen molar-refractivity contribution in [1.82, 2.24) is 20.1 Å². The molecule has 128 valence electrons. The van der Waals surface area contributed by atoms with Crippen molar-refractivity contribution in [3.63, 3.8) is 0 Å². The molecule has 0 saturated carbocycles. The summed E-state index contributed by atoms with van der Waals surface area (Å²) in [6.07, 6.45) is 3.32. The van der Waals surface area contributed by atoms with Crippen LogP contribution in [0.5, 0.6) is 0 Å². The molecule has 3 rings (SSSR count). The molecular formula is C17H15ClN4O2S. The largest absolute Gasteiger partial charge is 0.411 e. The van der Waals surface area contributed by atoms with Crippen molar-refractivity contribution in [1.29, 1.82) is 0 Å². The van der Waals surface area contributed by atoms with Crippen LogP contribution in [0.1, 0.15) is 5.56 Å². The molecule has 8 heteroatoms. The second-order valence-corrected chi connectivity index (χ2v) is 6.64. The van der Waals surface area contributed by atoms with Gasteiger partial charge in [-0.3, -0.25) is 9.78 Å². The molecule has 25 heavy (non-hydrogen) atoms. The second kappa shape index (κ2) is 8.13. The molecule has 1 aromatic carbocycles. The van der Waals surface area contributed by atoms with Gasteiger partial charge in [0.05, 0.1) is 11.3 Å². The Balaban J connectivity index is 1.53. The summed E-state index contributed by atoms with van der Waals surface area (Å²) in [5.74, 6) is 0.581. The van der Waals surface area contributed by atoms with E-state index < -0.39 is 0 Å². The number of carbonyl (C=O) groups is 1. The first kappa shape index (κ1) is 17.4. The topological polar surface area (TPSA) is 72.1 Å². The van der Waals surface area contributed by atoms with Gasteiger partial charge in [0.15, 0.2) is 0 Å². The van der Waals surface area contributed by atoms with E-state index in [1.165, 1.54) is 11.8 Å². The zero-order chi connectivity index (χ0) is 17.6. The van der Waals surface area contributed by atoms with E-state index in [0.717, 1.165) is 11.1 Å². The summed E-state index contributed by atoms with van der Waals surface area (Å²) in [5.41, 5.74) is 1.76. The molecule has 0 aliphatic carbocycles. The van der Waals surface area contributed by atoms with Gasteiger partial charge < -0.3 is 9.32 Å². The van der Waals surface area contributed by atoms with Crippen LogP contribution in [-0.2, 0) is 11.3 Å². The number of nitrogens with zero attached hydrogens (tertiary/aromatic N) is 4. The Kier molecular flexibility index (Phi) is 5.67. The van der Waals surface area contributed by atoms with Crippen molar-refractivity contribution in [2.45, 2.75) is 11.8 Å². The molecule has 2 heterocycles. The zero-order valence-corrected chi connectivity index (χ0v) is 15.0. The Morgan fingerprint density at radius 1 is 1.24 bits per heavy atom. The molecule has 6 nitrogen and oxygen atoms in total. The van der Waals surface area contributed by atoms with Crippen molar-refractivity contribution in [3.05, 3.63) is 59.4 Å². The Morgan fingerprint density at radius 2 is 2.04 bits per heavy atom. The van der Waals surface area contributed by atoms with Crippen molar-refractivity contribution in [2.24, 2.45) is 0 Å². The number of amides is 1. The summed E-state index contributed by atoms with van der Waals surface area (Å²) in [7, 11) is 1.76. The minimum absolute atomic E-state index is 0.0268. The predicted molar refractivity (Wildman–Crippen MR) is 96.2 cm³/mol. The van der Waals surface area contributed by atoms with E-state index in [1.54, 1.807) is 30.4 Å². The van der Waals surface area contributed by atoms with Crippen LogP contribution in [0, 0.1) is 0 Å². The Morgan fingerprint density at radius 3 is 2.76 bits per heavy atom. The lowest BCUT2D eigenvalue weighted by molar-refractivity contribution is -0.127. The van der Waals surface area contributed by atoms with Gasteiger partial charge in [0.1, 0.15) is 0 Å². The molecule has 0 saturated heterocycles.